The maximum Gasteiger partial charge on any atom is 0.225 e. The number of rotatable bonds is 27. The molecule has 0 aromatic rings. The van der Waals surface area contributed by atoms with Gasteiger partial charge in [0.05, 0.1) is 12.2 Å². The molecule has 246 valence electrons. The molecule has 0 bridgehead atoms. The van der Waals surface area contributed by atoms with Gasteiger partial charge in [0, 0.05) is 24.5 Å². The molecule has 0 saturated heterocycles. The number of nitrogens with one attached hydrogen (secondary N) is 1. The van der Waals surface area contributed by atoms with Gasteiger partial charge < -0.3 is 15.2 Å². The largest absolute Gasteiger partial charge is 0.396 e. The van der Waals surface area contributed by atoms with Gasteiger partial charge in [-0.1, -0.05) is 133 Å². The minimum Gasteiger partial charge on any atom is -0.396 e. The van der Waals surface area contributed by atoms with Crippen LogP contribution in [0.15, 0.2) is 0 Å². The number of aliphatic hydroxyl groups excluding tert-OH is 1. The number of hydrogen-bond acceptors (Lipinski definition) is 3. The zero-order valence-corrected chi connectivity index (χ0v) is 29.7. The predicted molar refractivity (Wildman–Crippen MR) is 179 cm³/mol. The normalized spacial score (nSPS) is 16.3. The van der Waals surface area contributed by atoms with Crippen molar-refractivity contribution < 1.29 is 14.6 Å². The van der Waals surface area contributed by atoms with Crippen LogP contribution in [0, 0.1) is 22.2 Å². The fraction of sp³-hybridized carbons (Fsp3) is 0.973. The van der Waals surface area contributed by atoms with Gasteiger partial charge in [-0.3, -0.25) is 4.79 Å². The Morgan fingerprint density at radius 1 is 0.659 bits per heavy atom. The summed E-state index contributed by atoms with van der Waals surface area (Å²) in [6, 6.07) is 0. The maximum atomic E-state index is 13.4. The van der Waals surface area contributed by atoms with E-state index < -0.39 is 0 Å². The minimum absolute atomic E-state index is 0.0318. The summed E-state index contributed by atoms with van der Waals surface area (Å²) >= 11 is 0. The van der Waals surface area contributed by atoms with Crippen LogP contribution in [0.5, 0.6) is 0 Å². The standard InChI is InChI=1S/C37H75NO3/c1-11-15-19-21-23-36(9,22-17-13-3)33(40)38-31-35(7,8)27-26-34(5,6)28-32(29-39)30-41-37(10,24-18-14-4)25-20-16-12-2/h32,39H,11-31H2,1-10H3,(H,38,40). The van der Waals surface area contributed by atoms with Gasteiger partial charge in [-0.05, 0) is 62.7 Å². The SMILES string of the molecule is CCCCCCC(C)(CCCC)C(=O)NCC(C)(C)CCC(C)(C)CC(CO)COC(C)(CCCC)CCCCC. The van der Waals surface area contributed by atoms with Crippen LogP contribution in [-0.2, 0) is 9.53 Å². The van der Waals surface area contributed by atoms with Gasteiger partial charge in [-0.15, -0.1) is 0 Å². The first-order valence-electron chi connectivity index (χ1n) is 17.7. The van der Waals surface area contributed by atoms with Crippen LogP contribution in [0.4, 0.5) is 0 Å². The Kier molecular flexibility index (Phi) is 20.8. The Morgan fingerprint density at radius 2 is 1.15 bits per heavy atom. The van der Waals surface area contributed by atoms with Crippen molar-refractivity contribution in [2.24, 2.45) is 22.2 Å². The Labute approximate surface area is 257 Å². The van der Waals surface area contributed by atoms with Crippen LogP contribution >= 0.6 is 0 Å². The summed E-state index contributed by atoms with van der Waals surface area (Å²) in [4.78, 5) is 13.4. The Morgan fingerprint density at radius 3 is 1.73 bits per heavy atom. The van der Waals surface area contributed by atoms with E-state index in [0.717, 1.165) is 70.8 Å². The predicted octanol–water partition coefficient (Wildman–Crippen LogP) is 10.6. The van der Waals surface area contributed by atoms with E-state index in [1.807, 2.05) is 0 Å². The van der Waals surface area contributed by atoms with Crippen LogP contribution in [0.2, 0.25) is 0 Å². The van der Waals surface area contributed by atoms with Crippen molar-refractivity contribution >= 4 is 5.91 Å². The van der Waals surface area contributed by atoms with Crippen LogP contribution in [0.3, 0.4) is 0 Å². The third-order valence-corrected chi connectivity index (χ3v) is 9.55. The van der Waals surface area contributed by atoms with E-state index in [4.69, 9.17) is 4.74 Å². The molecule has 0 fully saturated rings. The van der Waals surface area contributed by atoms with Gasteiger partial charge in [-0.25, -0.2) is 0 Å². The molecule has 0 rings (SSSR count). The van der Waals surface area contributed by atoms with Crippen molar-refractivity contribution in [2.45, 2.75) is 190 Å². The summed E-state index contributed by atoms with van der Waals surface area (Å²) < 4.78 is 6.58. The summed E-state index contributed by atoms with van der Waals surface area (Å²) in [6.07, 6.45) is 20.5. The highest BCUT2D eigenvalue weighted by Gasteiger charge is 2.34. The lowest BCUT2D eigenvalue weighted by Crippen LogP contribution is -2.43. The van der Waals surface area contributed by atoms with Gasteiger partial charge in [0.25, 0.3) is 0 Å². The lowest BCUT2D eigenvalue weighted by Gasteiger charge is -2.36. The summed E-state index contributed by atoms with van der Waals surface area (Å²) in [5.41, 5.74) is -0.195. The van der Waals surface area contributed by atoms with Crippen molar-refractivity contribution in [1.82, 2.24) is 5.32 Å². The topological polar surface area (TPSA) is 58.6 Å². The fourth-order valence-corrected chi connectivity index (χ4v) is 6.11. The van der Waals surface area contributed by atoms with Crippen molar-refractivity contribution in [3.63, 3.8) is 0 Å². The molecular formula is C37H75NO3. The fourth-order valence-electron chi connectivity index (χ4n) is 6.11. The van der Waals surface area contributed by atoms with Crippen molar-refractivity contribution in [1.29, 1.82) is 0 Å². The maximum absolute atomic E-state index is 13.4. The van der Waals surface area contributed by atoms with E-state index in [1.54, 1.807) is 0 Å². The Balaban J connectivity index is 4.98. The second-order valence-corrected chi connectivity index (χ2v) is 15.6. The minimum atomic E-state index is -0.254. The smallest absolute Gasteiger partial charge is 0.225 e. The van der Waals surface area contributed by atoms with Gasteiger partial charge in [0.1, 0.15) is 0 Å². The molecular weight excluding hydrogens is 506 g/mol. The summed E-state index contributed by atoms with van der Waals surface area (Å²) in [5.74, 6) is 0.407. The lowest BCUT2D eigenvalue weighted by atomic mass is 9.74. The molecule has 0 heterocycles. The second-order valence-electron chi connectivity index (χ2n) is 15.6. The molecule has 41 heavy (non-hydrogen) atoms. The number of carbonyl (C=O) groups is 1. The van der Waals surface area contributed by atoms with Crippen molar-refractivity contribution in [3.8, 4) is 0 Å². The summed E-state index contributed by atoms with van der Waals surface area (Å²) in [7, 11) is 0. The Hall–Kier alpha value is -0.610. The van der Waals surface area contributed by atoms with Gasteiger partial charge in [0.2, 0.25) is 5.91 Å². The first-order chi connectivity index (χ1) is 19.2. The third kappa shape index (κ3) is 18.6. The number of carbonyl (C=O) groups excluding carboxylic acids is 1. The van der Waals surface area contributed by atoms with Crippen molar-refractivity contribution in [2.75, 3.05) is 19.8 Å². The van der Waals surface area contributed by atoms with Crippen LogP contribution < -0.4 is 5.32 Å². The van der Waals surface area contributed by atoms with E-state index in [9.17, 15) is 9.90 Å². The highest BCUT2D eigenvalue weighted by Crippen LogP contribution is 2.37. The molecule has 2 N–H and O–H groups in total. The molecule has 0 aromatic carbocycles. The quantitative estimate of drug-likeness (QED) is 0.0949. The summed E-state index contributed by atoms with van der Waals surface area (Å²) in [5, 5.41) is 13.6. The molecule has 0 saturated carbocycles. The van der Waals surface area contributed by atoms with E-state index in [0.29, 0.717) is 6.61 Å². The zero-order chi connectivity index (χ0) is 31.4. The number of ether oxygens (including phenoxy) is 1. The van der Waals surface area contributed by atoms with Gasteiger partial charge >= 0.3 is 0 Å². The molecule has 0 radical (unpaired) electrons. The number of hydrogen-bond donors (Lipinski definition) is 2. The molecule has 0 aliphatic carbocycles. The molecule has 0 aliphatic rings. The first kappa shape index (κ1) is 40.4. The van der Waals surface area contributed by atoms with Crippen molar-refractivity contribution in [3.05, 3.63) is 0 Å². The lowest BCUT2D eigenvalue weighted by molar-refractivity contribution is -0.131. The Bertz CT molecular complexity index is 661. The summed E-state index contributed by atoms with van der Waals surface area (Å²) in [6.45, 7) is 24.2. The zero-order valence-electron chi connectivity index (χ0n) is 29.7. The third-order valence-electron chi connectivity index (χ3n) is 9.55. The molecule has 0 aromatic heterocycles. The number of aliphatic hydroxyl groups is 1. The molecule has 1 amide bonds. The van der Waals surface area contributed by atoms with Crippen LogP contribution in [0.1, 0.15) is 185 Å². The van der Waals surface area contributed by atoms with Gasteiger partial charge in [-0.2, -0.15) is 0 Å². The number of unbranched alkanes of at least 4 members (excludes halogenated alkanes) is 7. The monoisotopic (exact) mass is 582 g/mol. The van der Waals surface area contributed by atoms with Crippen LogP contribution in [-0.4, -0.2) is 36.4 Å². The molecule has 4 heteroatoms. The van der Waals surface area contributed by atoms with E-state index in [-0.39, 0.29) is 40.3 Å². The van der Waals surface area contributed by atoms with E-state index >= 15 is 0 Å². The molecule has 4 nitrogen and oxygen atoms in total. The highest BCUT2D eigenvalue weighted by molar-refractivity contribution is 5.82. The van der Waals surface area contributed by atoms with Crippen LogP contribution in [0.25, 0.3) is 0 Å². The molecule has 0 aliphatic heterocycles. The first-order valence-corrected chi connectivity index (χ1v) is 17.7. The van der Waals surface area contributed by atoms with Gasteiger partial charge in [0.15, 0.2) is 0 Å². The average Bonchev–Trinajstić information content (AvgIpc) is 2.93. The van der Waals surface area contributed by atoms with E-state index in [1.165, 1.54) is 51.4 Å². The number of amides is 1. The van der Waals surface area contributed by atoms with E-state index in [2.05, 4.69) is 74.6 Å². The molecule has 3 unspecified atom stereocenters. The second kappa shape index (κ2) is 21.2. The highest BCUT2D eigenvalue weighted by atomic mass is 16.5. The molecule has 3 atom stereocenters. The molecule has 0 spiro atoms. The average molecular weight is 582 g/mol.